The number of aromatic nitrogens is 2. The van der Waals surface area contributed by atoms with Gasteiger partial charge in [-0.05, 0) is 29.8 Å². The SMILES string of the molecule is Clc1ccc(COC(Cn2ccnc2)c2ccc(Cl)cc2Cl)cc1.[K+]. The minimum Gasteiger partial charge on any atom is -0.367 e. The van der Waals surface area contributed by atoms with Crippen LogP contribution in [0.4, 0.5) is 0 Å². The van der Waals surface area contributed by atoms with Gasteiger partial charge in [-0.1, -0.05) is 53.0 Å². The topological polar surface area (TPSA) is 27.1 Å². The van der Waals surface area contributed by atoms with E-state index in [1.165, 1.54) is 0 Å². The van der Waals surface area contributed by atoms with Crippen molar-refractivity contribution in [2.24, 2.45) is 0 Å². The van der Waals surface area contributed by atoms with Crippen LogP contribution in [-0.4, -0.2) is 9.55 Å². The van der Waals surface area contributed by atoms with Gasteiger partial charge >= 0.3 is 51.4 Å². The zero-order valence-electron chi connectivity index (χ0n) is 13.7. The van der Waals surface area contributed by atoms with Gasteiger partial charge in [0, 0.05) is 33.0 Å². The van der Waals surface area contributed by atoms with Crippen LogP contribution in [0.2, 0.25) is 15.1 Å². The number of halogens is 3. The third kappa shape index (κ3) is 6.35. The van der Waals surface area contributed by atoms with Crippen LogP contribution in [0.15, 0.2) is 61.2 Å². The van der Waals surface area contributed by atoms with Crippen LogP contribution < -0.4 is 51.4 Å². The summed E-state index contributed by atoms with van der Waals surface area (Å²) in [6.07, 6.45) is 5.16. The first kappa shape index (κ1) is 21.4. The zero-order valence-corrected chi connectivity index (χ0v) is 19.1. The molecule has 0 aliphatic carbocycles. The Bertz CT molecular complexity index is 795. The number of benzene rings is 2. The van der Waals surface area contributed by atoms with Gasteiger partial charge in [0.2, 0.25) is 0 Å². The van der Waals surface area contributed by atoms with Gasteiger partial charge in [0.15, 0.2) is 0 Å². The largest absolute Gasteiger partial charge is 1.00 e. The Balaban J connectivity index is 0.00000225. The number of hydrogen-bond donors (Lipinski definition) is 0. The third-order valence-electron chi connectivity index (χ3n) is 3.61. The van der Waals surface area contributed by atoms with Crippen molar-refractivity contribution in [3.63, 3.8) is 0 Å². The van der Waals surface area contributed by atoms with E-state index in [-0.39, 0.29) is 57.5 Å². The molecule has 3 aromatic rings. The molecule has 0 N–H and O–H groups in total. The molecule has 0 aliphatic rings. The molecule has 2 aromatic carbocycles. The van der Waals surface area contributed by atoms with E-state index in [0.29, 0.717) is 28.2 Å². The molecule has 7 heteroatoms. The van der Waals surface area contributed by atoms with E-state index in [9.17, 15) is 0 Å². The average Bonchev–Trinajstić information content (AvgIpc) is 3.06. The van der Waals surface area contributed by atoms with E-state index < -0.39 is 0 Å². The molecule has 3 nitrogen and oxygen atoms in total. The molecule has 0 bridgehead atoms. The number of ether oxygens (including phenoxy) is 1. The Kier molecular flexibility index (Phi) is 8.95. The van der Waals surface area contributed by atoms with Crippen LogP contribution in [-0.2, 0) is 17.9 Å². The summed E-state index contributed by atoms with van der Waals surface area (Å²) in [6.45, 7) is 1.06. The quantitative estimate of drug-likeness (QED) is 0.573. The van der Waals surface area contributed by atoms with Gasteiger partial charge in [0.1, 0.15) is 6.10 Å². The second kappa shape index (κ2) is 10.5. The van der Waals surface area contributed by atoms with Gasteiger partial charge in [-0.3, -0.25) is 0 Å². The van der Waals surface area contributed by atoms with Gasteiger partial charge in [-0.25, -0.2) is 4.98 Å². The number of nitrogens with zero attached hydrogens (tertiary/aromatic N) is 2. The summed E-state index contributed by atoms with van der Waals surface area (Å²) >= 11 is 18.3. The first-order chi connectivity index (χ1) is 11.6. The van der Waals surface area contributed by atoms with Gasteiger partial charge < -0.3 is 9.30 Å². The van der Waals surface area contributed by atoms with Crippen molar-refractivity contribution in [2.75, 3.05) is 0 Å². The molecule has 0 radical (unpaired) electrons. The maximum atomic E-state index is 6.36. The van der Waals surface area contributed by atoms with Crippen LogP contribution in [0.1, 0.15) is 17.2 Å². The Morgan fingerprint density at radius 2 is 1.72 bits per heavy atom. The van der Waals surface area contributed by atoms with E-state index in [1.54, 1.807) is 18.6 Å². The normalized spacial score (nSPS) is 11.8. The standard InChI is InChI=1S/C18H15Cl3N2O.K/c19-14-3-1-13(2-4-14)11-24-18(10-23-8-7-22-12-23)16-6-5-15(20)9-17(16)21;/h1-9,12,18H,10-11H2;/q;+1. The zero-order chi connectivity index (χ0) is 16.9. The fourth-order valence-electron chi connectivity index (χ4n) is 2.37. The molecule has 0 aliphatic heterocycles. The summed E-state index contributed by atoms with van der Waals surface area (Å²) in [4.78, 5) is 4.07. The molecule has 1 atom stereocenters. The van der Waals surface area contributed by atoms with Crippen LogP contribution in [0, 0.1) is 0 Å². The fourth-order valence-corrected chi connectivity index (χ4v) is 3.02. The van der Waals surface area contributed by atoms with Crippen LogP contribution in [0.5, 0.6) is 0 Å². The minimum atomic E-state index is -0.223. The smallest absolute Gasteiger partial charge is 0.367 e. The Morgan fingerprint density at radius 1 is 1.00 bits per heavy atom. The molecule has 0 saturated carbocycles. The van der Waals surface area contributed by atoms with Gasteiger partial charge in [0.25, 0.3) is 0 Å². The number of imidazole rings is 1. The summed E-state index contributed by atoms with van der Waals surface area (Å²) < 4.78 is 8.08. The minimum absolute atomic E-state index is 0. The Labute approximate surface area is 204 Å². The van der Waals surface area contributed by atoms with Crippen molar-refractivity contribution in [2.45, 2.75) is 19.3 Å². The van der Waals surface area contributed by atoms with E-state index in [4.69, 9.17) is 39.5 Å². The fraction of sp³-hybridized carbons (Fsp3) is 0.167. The second-order valence-electron chi connectivity index (χ2n) is 5.35. The summed E-state index contributed by atoms with van der Waals surface area (Å²) in [5, 5.41) is 1.89. The van der Waals surface area contributed by atoms with Crippen LogP contribution in [0.25, 0.3) is 0 Å². The Hall–Kier alpha value is 0.116. The van der Waals surface area contributed by atoms with Crippen molar-refractivity contribution >= 4 is 34.8 Å². The van der Waals surface area contributed by atoms with Crippen molar-refractivity contribution in [1.82, 2.24) is 9.55 Å². The maximum Gasteiger partial charge on any atom is 1.00 e. The van der Waals surface area contributed by atoms with E-state index >= 15 is 0 Å². The second-order valence-corrected chi connectivity index (χ2v) is 6.63. The molecule has 0 spiro atoms. The maximum absolute atomic E-state index is 6.36. The molecule has 124 valence electrons. The molecule has 0 amide bonds. The van der Waals surface area contributed by atoms with Gasteiger partial charge in [-0.15, -0.1) is 0 Å². The molecular weight excluding hydrogens is 406 g/mol. The van der Waals surface area contributed by atoms with Crippen molar-refractivity contribution in [3.05, 3.63) is 87.4 Å². The molecule has 1 heterocycles. The average molecular weight is 421 g/mol. The molecule has 0 fully saturated rings. The van der Waals surface area contributed by atoms with Gasteiger partial charge in [0.05, 0.1) is 19.5 Å². The molecule has 0 saturated heterocycles. The van der Waals surface area contributed by atoms with Crippen LogP contribution >= 0.6 is 34.8 Å². The van der Waals surface area contributed by atoms with Crippen molar-refractivity contribution < 1.29 is 56.1 Å². The first-order valence-corrected chi connectivity index (χ1v) is 8.52. The number of hydrogen-bond acceptors (Lipinski definition) is 2. The first-order valence-electron chi connectivity index (χ1n) is 7.38. The van der Waals surface area contributed by atoms with Crippen molar-refractivity contribution in [3.8, 4) is 0 Å². The predicted octanol–water partition coefficient (Wildman–Crippen LogP) is 2.81. The molecule has 25 heavy (non-hydrogen) atoms. The number of rotatable bonds is 6. The van der Waals surface area contributed by atoms with E-state index in [1.807, 2.05) is 47.2 Å². The molecular formula is C18H15Cl3KN2O+. The summed E-state index contributed by atoms with van der Waals surface area (Å²) in [5.41, 5.74) is 1.93. The Morgan fingerprint density at radius 3 is 2.36 bits per heavy atom. The summed E-state index contributed by atoms with van der Waals surface area (Å²) in [7, 11) is 0. The predicted molar refractivity (Wildman–Crippen MR) is 97.7 cm³/mol. The monoisotopic (exact) mass is 419 g/mol. The van der Waals surface area contributed by atoms with E-state index in [0.717, 1.165) is 11.1 Å². The van der Waals surface area contributed by atoms with Gasteiger partial charge in [-0.2, -0.15) is 0 Å². The third-order valence-corrected chi connectivity index (χ3v) is 4.42. The molecule has 1 aromatic heterocycles. The summed E-state index contributed by atoms with van der Waals surface area (Å²) in [5.74, 6) is 0. The molecule has 1 unspecified atom stereocenters. The van der Waals surface area contributed by atoms with E-state index in [2.05, 4.69) is 4.98 Å². The molecule has 3 rings (SSSR count). The van der Waals surface area contributed by atoms with Crippen molar-refractivity contribution in [1.29, 1.82) is 0 Å². The van der Waals surface area contributed by atoms with Crippen LogP contribution in [0.3, 0.4) is 0 Å². The summed E-state index contributed by atoms with van der Waals surface area (Å²) in [6, 6.07) is 13.0.